The molecule has 3 nitrogen and oxygen atoms in total. The summed E-state index contributed by atoms with van der Waals surface area (Å²) < 4.78 is 1.78. The first kappa shape index (κ1) is 9.09. The SMILES string of the molecule is Cn1ccc(-c2ccc3ccccc3n2)n1. The van der Waals surface area contributed by atoms with E-state index in [2.05, 4.69) is 22.2 Å². The number of hydrogen-bond acceptors (Lipinski definition) is 2. The van der Waals surface area contributed by atoms with Crippen molar-refractivity contribution < 1.29 is 0 Å². The fourth-order valence-corrected chi connectivity index (χ4v) is 1.76. The number of pyridine rings is 1. The number of para-hydroxylation sites is 1. The zero-order valence-corrected chi connectivity index (χ0v) is 8.96. The van der Waals surface area contributed by atoms with Crippen molar-refractivity contribution in [2.24, 2.45) is 7.05 Å². The van der Waals surface area contributed by atoms with Gasteiger partial charge in [0.1, 0.15) is 5.69 Å². The topological polar surface area (TPSA) is 30.7 Å². The average Bonchev–Trinajstić information content (AvgIpc) is 2.75. The molecule has 78 valence electrons. The van der Waals surface area contributed by atoms with E-state index in [0.717, 1.165) is 22.3 Å². The lowest BCUT2D eigenvalue weighted by Crippen LogP contribution is -1.89. The Labute approximate surface area is 93.4 Å². The standard InChI is InChI=1S/C13H11N3/c1-16-9-8-13(15-16)12-7-6-10-4-2-3-5-11(10)14-12/h2-9H,1H3. The molecule has 0 saturated heterocycles. The van der Waals surface area contributed by atoms with Gasteiger partial charge in [0.15, 0.2) is 0 Å². The van der Waals surface area contributed by atoms with E-state index in [0.29, 0.717) is 0 Å². The highest BCUT2D eigenvalue weighted by molar-refractivity contribution is 5.80. The van der Waals surface area contributed by atoms with Gasteiger partial charge in [-0.3, -0.25) is 4.68 Å². The van der Waals surface area contributed by atoms with Crippen LogP contribution in [-0.4, -0.2) is 14.8 Å². The number of fused-ring (bicyclic) bond motifs is 1. The van der Waals surface area contributed by atoms with Crippen LogP contribution in [0.15, 0.2) is 48.7 Å². The van der Waals surface area contributed by atoms with E-state index >= 15 is 0 Å². The minimum Gasteiger partial charge on any atom is -0.275 e. The Balaban J connectivity index is 2.18. The van der Waals surface area contributed by atoms with Crippen molar-refractivity contribution in [2.75, 3.05) is 0 Å². The van der Waals surface area contributed by atoms with Crippen LogP contribution in [0.5, 0.6) is 0 Å². The first-order chi connectivity index (χ1) is 7.83. The number of hydrogen-bond donors (Lipinski definition) is 0. The maximum absolute atomic E-state index is 4.58. The Morgan fingerprint density at radius 1 is 0.938 bits per heavy atom. The summed E-state index contributed by atoms with van der Waals surface area (Å²) in [5.74, 6) is 0. The average molecular weight is 209 g/mol. The van der Waals surface area contributed by atoms with Crippen LogP contribution in [-0.2, 0) is 7.05 Å². The van der Waals surface area contributed by atoms with Gasteiger partial charge in [-0.05, 0) is 18.2 Å². The summed E-state index contributed by atoms with van der Waals surface area (Å²) in [6, 6.07) is 14.1. The maximum atomic E-state index is 4.58. The highest BCUT2D eigenvalue weighted by Crippen LogP contribution is 2.18. The fourth-order valence-electron chi connectivity index (χ4n) is 1.76. The van der Waals surface area contributed by atoms with Crippen LogP contribution in [0, 0.1) is 0 Å². The van der Waals surface area contributed by atoms with E-state index < -0.39 is 0 Å². The van der Waals surface area contributed by atoms with Gasteiger partial charge in [0.25, 0.3) is 0 Å². The fraction of sp³-hybridized carbons (Fsp3) is 0.0769. The molecule has 2 aromatic heterocycles. The molecule has 0 unspecified atom stereocenters. The molecule has 2 heterocycles. The molecule has 0 aliphatic heterocycles. The Kier molecular flexibility index (Phi) is 1.96. The summed E-state index contributed by atoms with van der Waals surface area (Å²) in [4.78, 5) is 4.58. The lowest BCUT2D eigenvalue weighted by Gasteiger charge is -1.99. The zero-order valence-electron chi connectivity index (χ0n) is 8.96. The lowest BCUT2D eigenvalue weighted by molar-refractivity contribution is 0.770. The molecule has 0 aliphatic carbocycles. The summed E-state index contributed by atoms with van der Waals surface area (Å²) in [6.45, 7) is 0. The van der Waals surface area contributed by atoms with Gasteiger partial charge >= 0.3 is 0 Å². The highest BCUT2D eigenvalue weighted by Gasteiger charge is 2.03. The highest BCUT2D eigenvalue weighted by atomic mass is 15.2. The largest absolute Gasteiger partial charge is 0.275 e. The molecule has 1 aromatic carbocycles. The third-order valence-electron chi connectivity index (χ3n) is 2.57. The molecule has 0 spiro atoms. The number of rotatable bonds is 1. The second-order valence-corrected chi connectivity index (χ2v) is 3.76. The van der Waals surface area contributed by atoms with Crippen LogP contribution in [0.3, 0.4) is 0 Å². The summed E-state index contributed by atoms with van der Waals surface area (Å²) in [6.07, 6.45) is 1.92. The van der Waals surface area contributed by atoms with Gasteiger partial charge < -0.3 is 0 Å². The van der Waals surface area contributed by atoms with Crippen LogP contribution >= 0.6 is 0 Å². The minimum atomic E-state index is 0.910. The van der Waals surface area contributed by atoms with Gasteiger partial charge in [0.05, 0.1) is 11.2 Å². The number of aryl methyl sites for hydroxylation is 1. The van der Waals surface area contributed by atoms with Gasteiger partial charge in [-0.25, -0.2) is 4.98 Å². The number of nitrogens with zero attached hydrogens (tertiary/aromatic N) is 3. The van der Waals surface area contributed by atoms with Crippen molar-refractivity contribution in [3.05, 3.63) is 48.7 Å². The second kappa shape index (κ2) is 3.45. The summed E-state index contributed by atoms with van der Waals surface area (Å²) in [5.41, 5.74) is 2.83. The van der Waals surface area contributed by atoms with E-state index in [1.54, 1.807) is 4.68 Å². The van der Waals surface area contributed by atoms with E-state index in [1.165, 1.54) is 0 Å². The van der Waals surface area contributed by atoms with E-state index in [4.69, 9.17) is 0 Å². The summed E-state index contributed by atoms with van der Waals surface area (Å²) >= 11 is 0. The predicted octanol–water partition coefficient (Wildman–Crippen LogP) is 2.64. The van der Waals surface area contributed by atoms with E-state index in [1.807, 2.05) is 43.6 Å². The smallest absolute Gasteiger partial charge is 0.111 e. The third kappa shape index (κ3) is 1.46. The lowest BCUT2D eigenvalue weighted by atomic mass is 10.2. The van der Waals surface area contributed by atoms with Crippen molar-refractivity contribution in [2.45, 2.75) is 0 Å². The van der Waals surface area contributed by atoms with Crippen molar-refractivity contribution in [3.8, 4) is 11.4 Å². The first-order valence-electron chi connectivity index (χ1n) is 5.19. The Hall–Kier alpha value is -2.16. The van der Waals surface area contributed by atoms with Crippen LogP contribution < -0.4 is 0 Å². The van der Waals surface area contributed by atoms with Gasteiger partial charge in [-0.2, -0.15) is 5.10 Å². The molecule has 0 N–H and O–H groups in total. The van der Waals surface area contributed by atoms with Gasteiger partial charge in [-0.15, -0.1) is 0 Å². The van der Waals surface area contributed by atoms with Crippen molar-refractivity contribution in [1.29, 1.82) is 0 Å². The second-order valence-electron chi connectivity index (χ2n) is 3.76. The van der Waals surface area contributed by atoms with Crippen LogP contribution in [0.25, 0.3) is 22.3 Å². The molecule has 3 rings (SSSR count). The summed E-state index contributed by atoms with van der Waals surface area (Å²) in [5, 5.41) is 5.50. The third-order valence-corrected chi connectivity index (χ3v) is 2.57. The quantitative estimate of drug-likeness (QED) is 0.616. The molecule has 0 fully saturated rings. The van der Waals surface area contributed by atoms with Crippen molar-refractivity contribution in [1.82, 2.24) is 14.8 Å². The number of aromatic nitrogens is 3. The van der Waals surface area contributed by atoms with Crippen LogP contribution in [0.2, 0.25) is 0 Å². The molecule has 0 aliphatic rings. The molecule has 0 atom stereocenters. The molecule has 0 saturated carbocycles. The molecule has 3 aromatic rings. The monoisotopic (exact) mass is 209 g/mol. The van der Waals surface area contributed by atoms with Gasteiger partial charge in [0, 0.05) is 18.6 Å². The predicted molar refractivity (Wildman–Crippen MR) is 63.9 cm³/mol. The number of benzene rings is 1. The minimum absolute atomic E-state index is 0.910. The Morgan fingerprint density at radius 3 is 2.62 bits per heavy atom. The van der Waals surface area contributed by atoms with Gasteiger partial charge in [-0.1, -0.05) is 24.3 Å². The summed E-state index contributed by atoms with van der Waals surface area (Å²) in [7, 11) is 1.91. The zero-order chi connectivity index (χ0) is 11.0. The normalized spacial score (nSPS) is 10.8. The molecular weight excluding hydrogens is 198 g/mol. The molecule has 3 heteroatoms. The molecule has 0 amide bonds. The Bertz CT molecular complexity index is 640. The van der Waals surface area contributed by atoms with Crippen LogP contribution in [0.4, 0.5) is 0 Å². The Morgan fingerprint density at radius 2 is 1.81 bits per heavy atom. The van der Waals surface area contributed by atoms with E-state index in [-0.39, 0.29) is 0 Å². The van der Waals surface area contributed by atoms with Gasteiger partial charge in [0.2, 0.25) is 0 Å². The molecule has 0 bridgehead atoms. The van der Waals surface area contributed by atoms with E-state index in [9.17, 15) is 0 Å². The maximum Gasteiger partial charge on any atom is 0.111 e. The molecular formula is C13H11N3. The first-order valence-corrected chi connectivity index (χ1v) is 5.19. The molecule has 16 heavy (non-hydrogen) atoms. The van der Waals surface area contributed by atoms with Crippen molar-refractivity contribution >= 4 is 10.9 Å². The van der Waals surface area contributed by atoms with Crippen LogP contribution in [0.1, 0.15) is 0 Å². The molecule has 0 radical (unpaired) electrons. The van der Waals surface area contributed by atoms with Crippen molar-refractivity contribution in [3.63, 3.8) is 0 Å².